The molecule has 0 heterocycles. The third-order valence-corrected chi connectivity index (χ3v) is 5.66. The number of allylic oxidation sites excluding steroid dienone is 1. The van der Waals surface area contributed by atoms with Gasteiger partial charge < -0.3 is 5.32 Å². The first-order valence-electron chi connectivity index (χ1n) is 7.72. The maximum absolute atomic E-state index is 3.60. The highest BCUT2D eigenvalue weighted by Crippen LogP contribution is 2.60. The van der Waals surface area contributed by atoms with Crippen molar-refractivity contribution in [2.45, 2.75) is 57.4 Å². The van der Waals surface area contributed by atoms with E-state index in [1.165, 1.54) is 32.1 Å². The molecule has 5 aliphatic rings. The summed E-state index contributed by atoms with van der Waals surface area (Å²) in [5.74, 6) is 3.26. The number of nitrogens with one attached hydrogen (secondary N) is 1. The van der Waals surface area contributed by atoms with Gasteiger partial charge in [0.2, 0.25) is 0 Å². The molecule has 5 rings (SSSR count). The molecule has 17 heavy (non-hydrogen) atoms. The fourth-order valence-corrected chi connectivity index (χ4v) is 5.21. The van der Waals surface area contributed by atoms with Gasteiger partial charge in [0.05, 0.1) is 0 Å². The summed E-state index contributed by atoms with van der Waals surface area (Å²) in [7, 11) is 0. The van der Waals surface area contributed by atoms with Crippen LogP contribution in [0.1, 0.15) is 51.4 Å². The van der Waals surface area contributed by atoms with Gasteiger partial charge in [0.25, 0.3) is 0 Å². The van der Waals surface area contributed by atoms with Crippen LogP contribution in [0.5, 0.6) is 0 Å². The van der Waals surface area contributed by atoms with E-state index in [9.17, 15) is 0 Å². The Bertz CT molecular complexity index is 291. The van der Waals surface area contributed by atoms with Crippen molar-refractivity contribution >= 4 is 0 Å². The summed E-state index contributed by atoms with van der Waals surface area (Å²) >= 11 is 0. The second kappa shape index (κ2) is 3.85. The molecule has 0 aromatic heterocycles. The van der Waals surface area contributed by atoms with Crippen molar-refractivity contribution in [3.63, 3.8) is 0 Å². The van der Waals surface area contributed by atoms with Gasteiger partial charge in [-0.05, 0) is 74.5 Å². The van der Waals surface area contributed by atoms with Crippen LogP contribution in [0, 0.1) is 23.2 Å². The highest BCUT2D eigenvalue weighted by atomic mass is 14.9. The molecular formula is C16H25N. The van der Waals surface area contributed by atoms with Gasteiger partial charge in [-0.3, -0.25) is 0 Å². The highest BCUT2D eigenvalue weighted by Gasteiger charge is 2.49. The molecule has 0 atom stereocenters. The van der Waals surface area contributed by atoms with E-state index in [0.29, 0.717) is 5.41 Å². The monoisotopic (exact) mass is 231 g/mol. The Morgan fingerprint density at radius 3 is 2.06 bits per heavy atom. The molecule has 4 bridgehead atoms. The minimum Gasteiger partial charge on any atom is -0.311 e. The molecule has 0 radical (unpaired) electrons. The summed E-state index contributed by atoms with van der Waals surface area (Å²) < 4.78 is 0. The molecule has 94 valence electrons. The van der Waals surface area contributed by atoms with Crippen LogP contribution in [0.2, 0.25) is 0 Å². The molecule has 1 nitrogen and oxygen atoms in total. The zero-order valence-corrected chi connectivity index (χ0v) is 10.8. The lowest BCUT2D eigenvalue weighted by Crippen LogP contribution is -2.45. The molecule has 5 aliphatic carbocycles. The topological polar surface area (TPSA) is 12.0 Å². The minimum atomic E-state index is 0.639. The molecular weight excluding hydrogens is 206 g/mol. The Morgan fingerprint density at radius 2 is 1.53 bits per heavy atom. The van der Waals surface area contributed by atoms with E-state index < -0.39 is 0 Å². The van der Waals surface area contributed by atoms with E-state index in [2.05, 4.69) is 17.5 Å². The van der Waals surface area contributed by atoms with Crippen LogP contribution in [0.4, 0.5) is 0 Å². The first-order valence-corrected chi connectivity index (χ1v) is 7.72. The summed E-state index contributed by atoms with van der Waals surface area (Å²) in [4.78, 5) is 0. The third kappa shape index (κ3) is 2.07. The fraction of sp³-hybridized carbons (Fsp3) is 0.875. The molecule has 0 aromatic rings. The molecule has 0 amide bonds. The maximum Gasteiger partial charge on any atom is 0.0137 e. The number of hydrogen-bond acceptors (Lipinski definition) is 1. The summed E-state index contributed by atoms with van der Waals surface area (Å²) in [6.45, 7) is 1.12. The lowest BCUT2D eigenvalue weighted by molar-refractivity contribution is -0.0238. The second-order valence-electron chi connectivity index (χ2n) is 7.36. The van der Waals surface area contributed by atoms with Crippen LogP contribution >= 0.6 is 0 Å². The Hall–Kier alpha value is -0.300. The smallest absolute Gasteiger partial charge is 0.0137 e. The first kappa shape index (κ1) is 10.6. The van der Waals surface area contributed by atoms with Crippen molar-refractivity contribution in [1.29, 1.82) is 0 Å². The maximum atomic E-state index is 3.60. The average molecular weight is 231 g/mol. The van der Waals surface area contributed by atoms with Crippen molar-refractivity contribution < 1.29 is 0 Å². The van der Waals surface area contributed by atoms with Gasteiger partial charge >= 0.3 is 0 Å². The Morgan fingerprint density at radius 1 is 0.941 bits per heavy atom. The third-order valence-electron chi connectivity index (χ3n) is 5.66. The molecule has 0 aliphatic heterocycles. The molecule has 0 spiro atoms. The van der Waals surface area contributed by atoms with Crippen LogP contribution in [0.25, 0.3) is 0 Å². The molecule has 5 saturated carbocycles. The molecule has 0 saturated heterocycles. The lowest BCUT2D eigenvalue weighted by atomic mass is 9.49. The average Bonchev–Trinajstić information content (AvgIpc) is 3.06. The van der Waals surface area contributed by atoms with Gasteiger partial charge in [-0.2, -0.15) is 0 Å². The highest BCUT2D eigenvalue weighted by molar-refractivity contribution is 5.11. The number of rotatable bonds is 4. The molecule has 0 unspecified atom stereocenters. The molecule has 1 heteroatoms. The van der Waals surface area contributed by atoms with Gasteiger partial charge in [-0.25, -0.2) is 0 Å². The van der Waals surface area contributed by atoms with Gasteiger partial charge in [-0.15, -0.1) is 0 Å². The van der Waals surface area contributed by atoms with E-state index in [1.54, 1.807) is 19.3 Å². The summed E-state index contributed by atoms with van der Waals surface area (Å²) in [6, 6.07) is 0.857. The van der Waals surface area contributed by atoms with Gasteiger partial charge in [0.15, 0.2) is 0 Å². The molecule has 1 N–H and O–H groups in total. The Balaban J connectivity index is 1.41. The largest absolute Gasteiger partial charge is 0.311 e. The minimum absolute atomic E-state index is 0.639. The van der Waals surface area contributed by atoms with Crippen molar-refractivity contribution in [2.75, 3.05) is 6.54 Å². The first-order chi connectivity index (χ1) is 8.31. The normalized spacial score (nSPS) is 48.1. The van der Waals surface area contributed by atoms with Crippen LogP contribution in [-0.4, -0.2) is 12.6 Å². The van der Waals surface area contributed by atoms with Gasteiger partial charge in [-0.1, -0.05) is 12.2 Å². The standard InChI is InChI=1S/C16H25N/c1(5-17-15-2-3-15)4-16-9-12-6-13(10-16)8-14(7-12)11-16/h1,4,12-15,17H,2-3,5-11H2/b4-1+. The Kier molecular flexibility index (Phi) is 2.40. The fourth-order valence-electron chi connectivity index (χ4n) is 5.21. The molecule has 5 fully saturated rings. The second-order valence-corrected chi connectivity index (χ2v) is 7.36. The van der Waals surface area contributed by atoms with Crippen LogP contribution in [0.15, 0.2) is 12.2 Å². The Labute approximate surface area is 105 Å². The van der Waals surface area contributed by atoms with Gasteiger partial charge in [0.1, 0.15) is 0 Å². The predicted molar refractivity (Wildman–Crippen MR) is 70.8 cm³/mol. The SMILES string of the molecule is C(=C\C12CC3CC(CC(C3)C1)C2)/CNC1CC1. The zero-order valence-electron chi connectivity index (χ0n) is 10.8. The molecule has 0 aromatic carbocycles. The summed E-state index contributed by atoms with van der Waals surface area (Å²) in [6.07, 6.45) is 17.1. The lowest BCUT2D eigenvalue weighted by Gasteiger charge is -2.55. The van der Waals surface area contributed by atoms with Crippen molar-refractivity contribution in [3.05, 3.63) is 12.2 Å². The van der Waals surface area contributed by atoms with E-state index in [-0.39, 0.29) is 0 Å². The van der Waals surface area contributed by atoms with E-state index in [4.69, 9.17) is 0 Å². The number of hydrogen-bond donors (Lipinski definition) is 1. The van der Waals surface area contributed by atoms with Crippen LogP contribution in [-0.2, 0) is 0 Å². The van der Waals surface area contributed by atoms with Gasteiger partial charge in [0, 0.05) is 12.6 Å². The van der Waals surface area contributed by atoms with E-state index >= 15 is 0 Å². The predicted octanol–water partition coefficient (Wildman–Crippen LogP) is 3.51. The van der Waals surface area contributed by atoms with Crippen molar-refractivity contribution in [2.24, 2.45) is 23.2 Å². The quantitative estimate of drug-likeness (QED) is 0.730. The summed E-state index contributed by atoms with van der Waals surface area (Å²) in [5.41, 5.74) is 0.639. The van der Waals surface area contributed by atoms with Crippen LogP contribution in [0.3, 0.4) is 0 Å². The zero-order chi connectivity index (χ0) is 11.3. The van der Waals surface area contributed by atoms with Crippen molar-refractivity contribution in [1.82, 2.24) is 5.32 Å². The van der Waals surface area contributed by atoms with E-state index in [1.807, 2.05) is 0 Å². The van der Waals surface area contributed by atoms with Crippen LogP contribution < -0.4 is 5.32 Å². The van der Waals surface area contributed by atoms with E-state index in [0.717, 1.165) is 30.3 Å². The summed E-state index contributed by atoms with van der Waals surface area (Å²) in [5, 5.41) is 3.60. The van der Waals surface area contributed by atoms with Crippen molar-refractivity contribution in [3.8, 4) is 0 Å².